The second kappa shape index (κ2) is 10.1. The van der Waals surface area contributed by atoms with Crippen molar-refractivity contribution in [3.05, 3.63) is 76.5 Å². The highest BCUT2D eigenvalue weighted by Gasteiger charge is 2.36. The first kappa shape index (κ1) is 22.9. The standard InChI is InChI=1S/C25H28N4O3S/c1-5-31-20-14-10-9-13-19(20)22-21(23(30)32-6-2)17(4)26-24-27-25(28-29(22)24)33-15-18-12-8-7-11-16(18)3/h7-14,22H,5-6,15H2,1-4H3,(H,26,27,28). The van der Waals surface area contributed by atoms with Gasteiger partial charge >= 0.3 is 5.97 Å². The predicted octanol–water partition coefficient (Wildman–Crippen LogP) is 5.13. The van der Waals surface area contributed by atoms with Gasteiger partial charge in [-0.2, -0.15) is 4.98 Å². The molecule has 1 aliphatic rings. The maximum Gasteiger partial charge on any atom is 0.338 e. The molecule has 1 aromatic heterocycles. The Labute approximate surface area is 198 Å². The molecule has 33 heavy (non-hydrogen) atoms. The third kappa shape index (κ3) is 4.75. The van der Waals surface area contributed by atoms with Crippen molar-refractivity contribution in [2.24, 2.45) is 0 Å². The smallest absolute Gasteiger partial charge is 0.338 e. The molecule has 0 fully saturated rings. The number of nitrogens with zero attached hydrogens (tertiary/aromatic N) is 3. The summed E-state index contributed by atoms with van der Waals surface area (Å²) in [5.74, 6) is 1.67. The summed E-state index contributed by atoms with van der Waals surface area (Å²) in [6.45, 7) is 8.50. The number of ether oxygens (including phenoxy) is 2. The average molecular weight is 465 g/mol. The lowest BCUT2D eigenvalue weighted by Crippen LogP contribution is -2.30. The van der Waals surface area contributed by atoms with E-state index in [-0.39, 0.29) is 12.6 Å². The highest BCUT2D eigenvalue weighted by Crippen LogP contribution is 2.40. The molecule has 8 heteroatoms. The van der Waals surface area contributed by atoms with Gasteiger partial charge in [0.2, 0.25) is 11.1 Å². The van der Waals surface area contributed by atoms with Gasteiger partial charge in [-0.25, -0.2) is 9.48 Å². The van der Waals surface area contributed by atoms with Gasteiger partial charge in [-0.05, 0) is 44.9 Å². The number of hydrogen-bond donors (Lipinski definition) is 1. The summed E-state index contributed by atoms with van der Waals surface area (Å²) >= 11 is 1.57. The van der Waals surface area contributed by atoms with E-state index < -0.39 is 6.04 Å². The highest BCUT2D eigenvalue weighted by molar-refractivity contribution is 7.98. The van der Waals surface area contributed by atoms with E-state index in [0.717, 1.165) is 11.3 Å². The van der Waals surface area contributed by atoms with E-state index in [1.165, 1.54) is 11.1 Å². The Morgan fingerprint density at radius 3 is 2.61 bits per heavy atom. The molecule has 1 atom stereocenters. The van der Waals surface area contributed by atoms with Gasteiger partial charge in [0.15, 0.2) is 0 Å². The van der Waals surface area contributed by atoms with Gasteiger partial charge in [0.25, 0.3) is 0 Å². The number of esters is 1. The zero-order chi connectivity index (χ0) is 23.4. The van der Waals surface area contributed by atoms with Crippen molar-refractivity contribution in [2.75, 3.05) is 18.5 Å². The minimum Gasteiger partial charge on any atom is -0.494 e. The molecule has 0 bridgehead atoms. The maximum absolute atomic E-state index is 13.0. The van der Waals surface area contributed by atoms with Crippen molar-refractivity contribution in [2.45, 2.75) is 44.6 Å². The normalized spacial score (nSPS) is 15.1. The third-order valence-corrected chi connectivity index (χ3v) is 6.35. The van der Waals surface area contributed by atoms with E-state index in [0.29, 0.717) is 34.7 Å². The highest BCUT2D eigenvalue weighted by atomic mass is 32.2. The average Bonchev–Trinajstić information content (AvgIpc) is 3.21. The maximum atomic E-state index is 13.0. The molecule has 0 saturated heterocycles. The van der Waals surface area contributed by atoms with Crippen LogP contribution < -0.4 is 10.1 Å². The van der Waals surface area contributed by atoms with E-state index in [1.807, 2.05) is 50.2 Å². The van der Waals surface area contributed by atoms with Crippen molar-refractivity contribution in [3.63, 3.8) is 0 Å². The van der Waals surface area contributed by atoms with Crippen LogP contribution in [0.15, 0.2) is 65.0 Å². The first-order valence-corrected chi connectivity index (χ1v) is 12.0. The summed E-state index contributed by atoms with van der Waals surface area (Å²) < 4.78 is 13.1. The van der Waals surface area contributed by atoms with Gasteiger partial charge in [-0.1, -0.05) is 54.2 Å². The number of benzene rings is 2. The fourth-order valence-corrected chi connectivity index (χ4v) is 4.77. The van der Waals surface area contributed by atoms with Crippen LogP contribution in [-0.4, -0.2) is 33.9 Å². The largest absolute Gasteiger partial charge is 0.494 e. The van der Waals surface area contributed by atoms with E-state index in [9.17, 15) is 4.79 Å². The molecule has 1 aliphatic heterocycles. The Morgan fingerprint density at radius 1 is 1.09 bits per heavy atom. The number of anilines is 1. The zero-order valence-electron chi connectivity index (χ0n) is 19.3. The molecule has 0 spiro atoms. The second-order valence-corrected chi connectivity index (χ2v) is 8.58. The van der Waals surface area contributed by atoms with Gasteiger partial charge in [0, 0.05) is 17.0 Å². The van der Waals surface area contributed by atoms with Crippen molar-refractivity contribution >= 4 is 23.7 Å². The van der Waals surface area contributed by atoms with Crippen molar-refractivity contribution in [1.29, 1.82) is 0 Å². The van der Waals surface area contributed by atoms with Gasteiger partial charge in [-0.15, -0.1) is 5.10 Å². The van der Waals surface area contributed by atoms with Crippen LogP contribution in [0.1, 0.15) is 43.5 Å². The number of rotatable bonds is 8. The molecule has 172 valence electrons. The molecular weight excluding hydrogens is 436 g/mol. The summed E-state index contributed by atoms with van der Waals surface area (Å²) in [5, 5.41) is 8.67. The molecule has 7 nitrogen and oxygen atoms in total. The van der Waals surface area contributed by atoms with E-state index >= 15 is 0 Å². The number of nitrogens with one attached hydrogen (secondary N) is 1. The molecule has 0 saturated carbocycles. The Morgan fingerprint density at radius 2 is 1.85 bits per heavy atom. The molecule has 1 unspecified atom stereocenters. The van der Waals surface area contributed by atoms with E-state index in [2.05, 4.69) is 24.4 Å². The van der Waals surface area contributed by atoms with Crippen molar-refractivity contribution < 1.29 is 14.3 Å². The fourth-order valence-electron chi connectivity index (χ4n) is 3.86. The van der Waals surface area contributed by atoms with Gasteiger partial charge in [0.05, 0.1) is 18.8 Å². The first-order valence-electron chi connectivity index (χ1n) is 11.0. The van der Waals surface area contributed by atoms with E-state index in [1.54, 1.807) is 23.4 Å². The lowest BCUT2D eigenvalue weighted by atomic mass is 9.95. The topological polar surface area (TPSA) is 78.3 Å². The second-order valence-electron chi connectivity index (χ2n) is 7.64. The number of aryl methyl sites for hydroxylation is 1. The number of allylic oxidation sites excluding steroid dienone is 1. The lowest BCUT2D eigenvalue weighted by Gasteiger charge is -2.29. The first-order chi connectivity index (χ1) is 16.0. The lowest BCUT2D eigenvalue weighted by molar-refractivity contribution is -0.139. The number of carbonyl (C=O) groups is 1. The number of carbonyl (C=O) groups excluding carboxylic acids is 1. The Balaban J connectivity index is 1.74. The van der Waals surface area contributed by atoms with Gasteiger partial charge in [0.1, 0.15) is 11.8 Å². The molecular formula is C25H28N4O3S. The summed E-state index contributed by atoms with van der Waals surface area (Å²) in [5.41, 5.74) is 4.50. The van der Waals surface area contributed by atoms with Crippen LogP contribution in [0.2, 0.25) is 0 Å². The fraction of sp³-hybridized carbons (Fsp3) is 0.320. The predicted molar refractivity (Wildman–Crippen MR) is 129 cm³/mol. The Hall–Kier alpha value is -3.26. The van der Waals surface area contributed by atoms with Gasteiger partial charge in [-0.3, -0.25) is 0 Å². The van der Waals surface area contributed by atoms with Crippen LogP contribution in [-0.2, 0) is 15.3 Å². The molecule has 2 heterocycles. The molecule has 2 aromatic carbocycles. The third-order valence-electron chi connectivity index (χ3n) is 5.46. The van der Waals surface area contributed by atoms with Crippen molar-refractivity contribution in [1.82, 2.24) is 14.8 Å². The van der Waals surface area contributed by atoms with E-state index in [4.69, 9.17) is 19.6 Å². The zero-order valence-corrected chi connectivity index (χ0v) is 20.1. The molecule has 4 rings (SSSR count). The van der Waals surface area contributed by atoms with Crippen LogP contribution in [0.5, 0.6) is 5.75 Å². The minimum absolute atomic E-state index is 0.289. The number of aromatic nitrogens is 3. The summed E-state index contributed by atoms with van der Waals surface area (Å²) in [4.78, 5) is 17.7. The van der Waals surface area contributed by atoms with Crippen LogP contribution in [0, 0.1) is 6.92 Å². The molecule has 0 aliphatic carbocycles. The Kier molecular flexibility index (Phi) is 7.03. The SMILES string of the molecule is CCOC(=O)C1=C(C)Nc2nc(SCc3ccccc3C)nn2C1c1ccccc1OCC. The Bertz CT molecular complexity index is 1190. The number of thioether (sulfide) groups is 1. The molecule has 0 amide bonds. The summed E-state index contributed by atoms with van der Waals surface area (Å²) in [6, 6.07) is 15.5. The van der Waals surface area contributed by atoms with Gasteiger partial charge < -0.3 is 14.8 Å². The number of para-hydroxylation sites is 1. The minimum atomic E-state index is -0.511. The molecule has 0 radical (unpaired) electrons. The monoisotopic (exact) mass is 464 g/mol. The summed E-state index contributed by atoms with van der Waals surface area (Å²) in [6.07, 6.45) is 0. The number of hydrogen-bond acceptors (Lipinski definition) is 7. The van der Waals surface area contributed by atoms with Crippen LogP contribution in [0.3, 0.4) is 0 Å². The molecule has 3 aromatic rings. The van der Waals surface area contributed by atoms with Crippen LogP contribution in [0.25, 0.3) is 0 Å². The number of fused-ring (bicyclic) bond motifs is 1. The summed E-state index contributed by atoms with van der Waals surface area (Å²) in [7, 11) is 0. The van der Waals surface area contributed by atoms with Crippen LogP contribution in [0.4, 0.5) is 5.95 Å². The molecule has 1 N–H and O–H groups in total. The van der Waals surface area contributed by atoms with Crippen LogP contribution >= 0.6 is 11.8 Å². The van der Waals surface area contributed by atoms with Crippen molar-refractivity contribution in [3.8, 4) is 5.75 Å². The quantitative estimate of drug-likeness (QED) is 0.366.